The monoisotopic (exact) mass is 298 g/mol. The molecule has 2 rings (SSSR count). The Labute approximate surface area is 106 Å². The Morgan fingerprint density at radius 1 is 1.50 bits per heavy atom. The summed E-state index contributed by atoms with van der Waals surface area (Å²) in [7, 11) is 1.94. The van der Waals surface area contributed by atoms with Gasteiger partial charge >= 0.3 is 0 Å². The van der Waals surface area contributed by atoms with Crippen molar-refractivity contribution >= 4 is 39.0 Å². The Hall–Kier alpha value is -1.14. The highest BCUT2D eigenvalue weighted by molar-refractivity contribution is 9.10. The summed E-state index contributed by atoms with van der Waals surface area (Å²) in [5.41, 5.74) is 6.91. The van der Waals surface area contributed by atoms with E-state index in [1.54, 1.807) is 17.4 Å². The van der Waals surface area contributed by atoms with Crippen molar-refractivity contribution in [1.82, 2.24) is 9.97 Å². The highest BCUT2D eigenvalue weighted by Gasteiger charge is 2.07. The van der Waals surface area contributed by atoms with E-state index in [0.717, 1.165) is 6.54 Å². The molecule has 0 saturated carbocycles. The number of hydrogen-bond acceptors (Lipinski definition) is 5. The van der Waals surface area contributed by atoms with E-state index in [2.05, 4.69) is 42.7 Å². The van der Waals surface area contributed by atoms with Crippen LogP contribution in [-0.2, 0) is 6.54 Å². The molecule has 16 heavy (non-hydrogen) atoms. The molecule has 0 radical (unpaired) electrons. The van der Waals surface area contributed by atoms with E-state index in [1.807, 2.05) is 11.9 Å². The minimum atomic E-state index is 0.467. The number of nitrogen functional groups attached to an aromatic ring is 1. The fourth-order valence-electron chi connectivity index (χ4n) is 1.32. The number of halogens is 1. The lowest BCUT2D eigenvalue weighted by Crippen LogP contribution is -2.19. The number of aromatic nitrogens is 2. The van der Waals surface area contributed by atoms with Crippen molar-refractivity contribution in [3.05, 3.63) is 33.1 Å². The van der Waals surface area contributed by atoms with Crippen LogP contribution < -0.4 is 10.6 Å². The highest BCUT2D eigenvalue weighted by atomic mass is 79.9. The van der Waals surface area contributed by atoms with E-state index in [4.69, 9.17) is 5.73 Å². The fraction of sp³-hybridized carbons (Fsp3) is 0.200. The largest absolute Gasteiger partial charge is 0.383 e. The average molecular weight is 299 g/mol. The van der Waals surface area contributed by atoms with Crippen molar-refractivity contribution in [3.8, 4) is 0 Å². The van der Waals surface area contributed by atoms with Crippen LogP contribution in [0.3, 0.4) is 0 Å². The van der Waals surface area contributed by atoms with Crippen LogP contribution in [0.15, 0.2) is 27.5 Å². The molecule has 0 saturated heterocycles. The standard InChI is InChI=1S/C10H11BrN4S/c1-15(5-7-2-3-16-6-7)10-13-8(11)4-9(12)14-10/h2-4,6H,5H2,1H3,(H2,12,13,14). The van der Waals surface area contributed by atoms with E-state index in [0.29, 0.717) is 16.4 Å². The smallest absolute Gasteiger partial charge is 0.228 e. The van der Waals surface area contributed by atoms with Gasteiger partial charge in [0.1, 0.15) is 10.4 Å². The number of thiophene rings is 1. The number of anilines is 2. The molecule has 0 fully saturated rings. The van der Waals surface area contributed by atoms with Crippen LogP contribution in [0.1, 0.15) is 5.56 Å². The lowest BCUT2D eigenvalue weighted by atomic mass is 10.3. The lowest BCUT2D eigenvalue weighted by Gasteiger charge is -2.16. The third-order valence-electron chi connectivity index (χ3n) is 2.04. The first-order chi connectivity index (χ1) is 7.65. The van der Waals surface area contributed by atoms with E-state index >= 15 is 0 Å². The summed E-state index contributed by atoms with van der Waals surface area (Å²) in [5.74, 6) is 1.09. The van der Waals surface area contributed by atoms with Crippen LogP contribution in [-0.4, -0.2) is 17.0 Å². The van der Waals surface area contributed by atoms with Crippen molar-refractivity contribution in [2.24, 2.45) is 0 Å². The Bertz CT molecular complexity index is 451. The molecular weight excluding hydrogens is 288 g/mol. The summed E-state index contributed by atoms with van der Waals surface area (Å²) in [6, 6.07) is 3.77. The van der Waals surface area contributed by atoms with Gasteiger partial charge in [-0.1, -0.05) is 0 Å². The zero-order chi connectivity index (χ0) is 11.5. The van der Waals surface area contributed by atoms with Gasteiger partial charge in [-0.3, -0.25) is 0 Å². The van der Waals surface area contributed by atoms with Gasteiger partial charge in [-0.05, 0) is 38.3 Å². The highest BCUT2D eigenvalue weighted by Crippen LogP contribution is 2.17. The summed E-state index contributed by atoms with van der Waals surface area (Å²) < 4.78 is 0.701. The molecule has 0 aliphatic heterocycles. The van der Waals surface area contributed by atoms with E-state index in [-0.39, 0.29) is 0 Å². The molecule has 2 heterocycles. The molecule has 0 aliphatic carbocycles. The summed E-state index contributed by atoms with van der Waals surface area (Å²) >= 11 is 4.99. The van der Waals surface area contributed by atoms with Gasteiger partial charge in [0.05, 0.1) is 0 Å². The first-order valence-corrected chi connectivity index (χ1v) is 6.41. The van der Waals surface area contributed by atoms with Crippen molar-refractivity contribution in [1.29, 1.82) is 0 Å². The van der Waals surface area contributed by atoms with Gasteiger partial charge in [0.2, 0.25) is 5.95 Å². The van der Waals surface area contributed by atoms with Gasteiger partial charge in [0, 0.05) is 19.7 Å². The molecule has 0 spiro atoms. The Balaban J connectivity index is 2.17. The first kappa shape index (κ1) is 11.3. The van der Waals surface area contributed by atoms with Crippen molar-refractivity contribution in [2.45, 2.75) is 6.54 Å². The quantitative estimate of drug-likeness (QED) is 0.885. The van der Waals surface area contributed by atoms with Gasteiger partial charge in [-0.15, -0.1) is 0 Å². The third kappa shape index (κ3) is 2.70. The van der Waals surface area contributed by atoms with Crippen LogP contribution in [0, 0.1) is 0 Å². The van der Waals surface area contributed by atoms with Crippen LogP contribution >= 0.6 is 27.3 Å². The number of nitrogens with zero attached hydrogens (tertiary/aromatic N) is 3. The second kappa shape index (κ2) is 4.80. The summed E-state index contributed by atoms with van der Waals surface area (Å²) in [5, 5.41) is 4.16. The maximum Gasteiger partial charge on any atom is 0.228 e. The molecule has 84 valence electrons. The molecule has 4 nitrogen and oxygen atoms in total. The molecule has 0 amide bonds. The Morgan fingerprint density at radius 3 is 2.94 bits per heavy atom. The van der Waals surface area contributed by atoms with Crippen LogP contribution in [0.5, 0.6) is 0 Å². The Kier molecular flexibility index (Phi) is 3.40. The second-order valence-corrected chi connectivity index (χ2v) is 5.00. The molecule has 0 atom stereocenters. The maximum atomic E-state index is 5.66. The molecule has 2 aromatic rings. The van der Waals surface area contributed by atoms with Crippen molar-refractivity contribution in [2.75, 3.05) is 17.7 Å². The zero-order valence-electron chi connectivity index (χ0n) is 8.72. The topological polar surface area (TPSA) is 55.0 Å². The molecule has 2 aromatic heterocycles. The third-order valence-corrected chi connectivity index (χ3v) is 3.18. The van der Waals surface area contributed by atoms with Crippen LogP contribution in [0.2, 0.25) is 0 Å². The number of nitrogens with two attached hydrogens (primary N) is 1. The van der Waals surface area contributed by atoms with Crippen LogP contribution in [0.4, 0.5) is 11.8 Å². The maximum absolute atomic E-state index is 5.66. The van der Waals surface area contributed by atoms with Gasteiger partial charge < -0.3 is 10.6 Å². The normalized spacial score (nSPS) is 10.4. The van der Waals surface area contributed by atoms with Gasteiger partial charge in [-0.2, -0.15) is 16.3 Å². The summed E-state index contributed by atoms with van der Waals surface area (Å²) in [6.07, 6.45) is 0. The van der Waals surface area contributed by atoms with Gasteiger partial charge in [0.15, 0.2) is 0 Å². The predicted octanol–water partition coefficient (Wildman–Crippen LogP) is 2.52. The minimum Gasteiger partial charge on any atom is -0.383 e. The SMILES string of the molecule is CN(Cc1ccsc1)c1nc(N)cc(Br)n1. The fourth-order valence-corrected chi connectivity index (χ4v) is 2.37. The summed E-state index contributed by atoms with van der Waals surface area (Å²) in [4.78, 5) is 10.4. The van der Waals surface area contributed by atoms with Crippen LogP contribution in [0.25, 0.3) is 0 Å². The van der Waals surface area contributed by atoms with E-state index < -0.39 is 0 Å². The van der Waals surface area contributed by atoms with E-state index in [9.17, 15) is 0 Å². The molecule has 0 aliphatic rings. The average Bonchev–Trinajstić information content (AvgIpc) is 2.68. The zero-order valence-corrected chi connectivity index (χ0v) is 11.1. The predicted molar refractivity (Wildman–Crippen MR) is 70.6 cm³/mol. The first-order valence-electron chi connectivity index (χ1n) is 4.67. The van der Waals surface area contributed by atoms with Gasteiger partial charge in [-0.25, -0.2) is 4.98 Å². The molecule has 0 bridgehead atoms. The molecule has 0 aromatic carbocycles. The lowest BCUT2D eigenvalue weighted by molar-refractivity contribution is 0.867. The minimum absolute atomic E-state index is 0.467. The Morgan fingerprint density at radius 2 is 2.31 bits per heavy atom. The van der Waals surface area contributed by atoms with Crippen molar-refractivity contribution in [3.63, 3.8) is 0 Å². The molecular formula is C10H11BrN4S. The van der Waals surface area contributed by atoms with Gasteiger partial charge in [0.25, 0.3) is 0 Å². The second-order valence-electron chi connectivity index (χ2n) is 3.40. The van der Waals surface area contributed by atoms with E-state index in [1.165, 1.54) is 5.56 Å². The molecule has 0 unspecified atom stereocenters. The molecule has 6 heteroatoms. The number of hydrogen-bond donors (Lipinski definition) is 1. The summed E-state index contributed by atoms with van der Waals surface area (Å²) in [6.45, 7) is 0.777. The number of rotatable bonds is 3. The molecule has 2 N–H and O–H groups in total. The van der Waals surface area contributed by atoms with Crippen molar-refractivity contribution < 1.29 is 0 Å².